The molecule has 0 aliphatic heterocycles. The van der Waals surface area contributed by atoms with Gasteiger partial charge >= 0.3 is 0 Å². The van der Waals surface area contributed by atoms with E-state index in [1.165, 1.54) is 19.3 Å². The Hall–Kier alpha value is -0.640. The molecule has 3 nitrogen and oxygen atoms in total. The lowest BCUT2D eigenvalue weighted by Gasteiger charge is -2.25. The van der Waals surface area contributed by atoms with Gasteiger partial charge in [-0.1, -0.05) is 18.3 Å². The summed E-state index contributed by atoms with van der Waals surface area (Å²) in [6.07, 6.45) is 6.16. The highest BCUT2D eigenvalue weighted by Gasteiger charge is 2.18. The van der Waals surface area contributed by atoms with E-state index in [0.717, 1.165) is 23.0 Å². The maximum absolute atomic E-state index is 4.12. The smallest absolute Gasteiger partial charge is 0.205 e. The minimum atomic E-state index is 0.669. The molecule has 1 aromatic heterocycles. The lowest BCUT2D eigenvalue weighted by Crippen LogP contribution is -2.26. The Kier molecular flexibility index (Phi) is 2.78. The molecule has 1 heterocycles. The third kappa shape index (κ3) is 2.18. The predicted octanol–water partition coefficient (Wildman–Crippen LogP) is 2.46. The summed E-state index contributed by atoms with van der Waals surface area (Å²) >= 11 is 1.70. The van der Waals surface area contributed by atoms with Gasteiger partial charge in [-0.25, -0.2) is 0 Å². The number of aryl methyl sites for hydroxylation is 1. The van der Waals surface area contributed by atoms with Gasteiger partial charge < -0.3 is 5.32 Å². The third-order valence-electron chi connectivity index (χ3n) is 2.36. The summed E-state index contributed by atoms with van der Waals surface area (Å²) in [6, 6.07) is 0.669. The SMILES string of the molecule is CCCc1nnc(NC2CCC2)s1. The standard InChI is InChI=1S/C9H15N3S/c1-2-4-8-11-12-9(13-8)10-7-5-3-6-7/h7H,2-6H2,1H3,(H,10,12). The second kappa shape index (κ2) is 4.05. The molecule has 0 spiro atoms. The van der Waals surface area contributed by atoms with E-state index in [9.17, 15) is 0 Å². The molecular weight excluding hydrogens is 182 g/mol. The van der Waals surface area contributed by atoms with E-state index in [0.29, 0.717) is 6.04 Å². The lowest BCUT2D eigenvalue weighted by molar-refractivity contribution is 0.445. The second-order valence-electron chi connectivity index (χ2n) is 3.52. The first-order valence-electron chi connectivity index (χ1n) is 4.97. The maximum Gasteiger partial charge on any atom is 0.205 e. The van der Waals surface area contributed by atoms with Gasteiger partial charge in [-0.3, -0.25) is 0 Å². The van der Waals surface area contributed by atoms with Crippen molar-refractivity contribution >= 4 is 16.5 Å². The van der Waals surface area contributed by atoms with Crippen LogP contribution in [-0.4, -0.2) is 16.2 Å². The molecule has 0 aromatic carbocycles. The average molecular weight is 197 g/mol. The van der Waals surface area contributed by atoms with Crippen molar-refractivity contribution in [3.63, 3.8) is 0 Å². The maximum atomic E-state index is 4.12. The van der Waals surface area contributed by atoms with E-state index in [-0.39, 0.29) is 0 Å². The van der Waals surface area contributed by atoms with E-state index in [1.807, 2.05) is 0 Å². The number of aromatic nitrogens is 2. The average Bonchev–Trinajstić information content (AvgIpc) is 2.46. The van der Waals surface area contributed by atoms with E-state index in [4.69, 9.17) is 0 Å². The van der Waals surface area contributed by atoms with Gasteiger partial charge in [0.05, 0.1) is 0 Å². The molecule has 0 atom stereocenters. The van der Waals surface area contributed by atoms with Gasteiger partial charge in [-0.2, -0.15) is 0 Å². The molecular formula is C9H15N3S. The van der Waals surface area contributed by atoms with Crippen LogP contribution in [0.25, 0.3) is 0 Å². The molecule has 1 aliphatic carbocycles. The van der Waals surface area contributed by atoms with Crippen molar-refractivity contribution < 1.29 is 0 Å². The second-order valence-corrected chi connectivity index (χ2v) is 4.59. The molecule has 13 heavy (non-hydrogen) atoms. The molecule has 72 valence electrons. The highest BCUT2D eigenvalue weighted by molar-refractivity contribution is 7.15. The molecule has 1 aromatic rings. The Balaban J connectivity index is 1.88. The Morgan fingerprint density at radius 3 is 2.92 bits per heavy atom. The molecule has 0 unspecified atom stereocenters. The van der Waals surface area contributed by atoms with Crippen molar-refractivity contribution in [1.82, 2.24) is 10.2 Å². The molecule has 0 bridgehead atoms. The predicted molar refractivity (Wildman–Crippen MR) is 55.2 cm³/mol. The van der Waals surface area contributed by atoms with Gasteiger partial charge in [0.25, 0.3) is 0 Å². The zero-order chi connectivity index (χ0) is 9.10. The fourth-order valence-corrected chi connectivity index (χ4v) is 2.27. The van der Waals surface area contributed by atoms with Gasteiger partial charge in [-0.15, -0.1) is 10.2 Å². The highest BCUT2D eigenvalue weighted by Crippen LogP contribution is 2.25. The highest BCUT2D eigenvalue weighted by atomic mass is 32.1. The van der Waals surface area contributed by atoms with Crippen molar-refractivity contribution in [1.29, 1.82) is 0 Å². The van der Waals surface area contributed by atoms with E-state index in [1.54, 1.807) is 11.3 Å². The van der Waals surface area contributed by atoms with Gasteiger partial charge in [0.1, 0.15) is 5.01 Å². The van der Waals surface area contributed by atoms with Gasteiger partial charge in [0, 0.05) is 12.5 Å². The summed E-state index contributed by atoms with van der Waals surface area (Å²) in [7, 11) is 0. The number of rotatable bonds is 4. The Labute approximate surface area is 82.6 Å². The molecule has 1 aliphatic rings. The van der Waals surface area contributed by atoms with E-state index < -0.39 is 0 Å². The molecule has 0 radical (unpaired) electrons. The molecule has 1 fully saturated rings. The molecule has 2 rings (SSSR count). The number of hydrogen-bond donors (Lipinski definition) is 1. The van der Waals surface area contributed by atoms with Gasteiger partial charge in [0.2, 0.25) is 5.13 Å². The first-order chi connectivity index (χ1) is 6.38. The normalized spacial score (nSPS) is 17.0. The Bertz CT molecular complexity index is 268. The zero-order valence-corrected chi connectivity index (χ0v) is 8.73. The van der Waals surface area contributed by atoms with E-state index >= 15 is 0 Å². The fourth-order valence-electron chi connectivity index (χ4n) is 1.35. The van der Waals surface area contributed by atoms with Crippen molar-refractivity contribution in [2.75, 3.05) is 5.32 Å². The summed E-state index contributed by atoms with van der Waals surface area (Å²) in [6.45, 7) is 2.17. The van der Waals surface area contributed by atoms with Gasteiger partial charge in [0.15, 0.2) is 0 Å². The largest absolute Gasteiger partial charge is 0.357 e. The van der Waals surface area contributed by atoms with Crippen LogP contribution < -0.4 is 5.32 Å². The summed E-state index contributed by atoms with van der Waals surface area (Å²) < 4.78 is 0. The minimum absolute atomic E-state index is 0.669. The zero-order valence-electron chi connectivity index (χ0n) is 7.92. The van der Waals surface area contributed by atoms with Crippen LogP contribution in [-0.2, 0) is 6.42 Å². The van der Waals surface area contributed by atoms with Crippen LogP contribution in [0.3, 0.4) is 0 Å². The first-order valence-corrected chi connectivity index (χ1v) is 5.79. The van der Waals surface area contributed by atoms with Crippen LogP contribution in [0.2, 0.25) is 0 Å². The van der Waals surface area contributed by atoms with Crippen LogP contribution in [0.1, 0.15) is 37.6 Å². The molecule has 0 amide bonds. The third-order valence-corrected chi connectivity index (χ3v) is 3.28. The first kappa shape index (κ1) is 8.94. The van der Waals surface area contributed by atoms with Crippen LogP contribution in [0, 0.1) is 0 Å². The number of hydrogen-bond acceptors (Lipinski definition) is 4. The molecule has 1 saturated carbocycles. The fraction of sp³-hybridized carbons (Fsp3) is 0.778. The van der Waals surface area contributed by atoms with Crippen molar-refractivity contribution in [3.05, 3.63) is 5.01 Å². The topological polar surface area (TPSA) is 37.8 Å². The molecule has 4 heteroatoms. The monoisotopic (exact) mass is 197 g/mol. The molecule has 0 saturated heterocycles. The quantitative estimate of drug-likeness (QED) is 0.805. The Morgan fingerprint density at radius 2 is 2.31 bits per heavy atom. The van der Waals surface area contributed by atoms with Crippen LogP contribution in [0.15, 0.2) is 0 Å². The van der Waals surface area contributed by atoms with E-state index in [2.05, 4.69) is 22.4 Å². The van der Waals surface area contributed by atoms with Crippen LogP contribution in [0.5, 0.6) is 0 Å². The van der Waals surface area contributed by atoms with Crippen molar-refractivity contribution in [3.8, 4) is 0 Å². The number of nitrogens with one attached hydrogen (secondary N) is 1. The van der Waals surface area contributed by atoms with Crippen molar-refractivity contribution in [2.24, 2.45) is 0 Å². The summed E-state index contributed by atoms with van der Waals surface area (Å²) in [4.78, 5) is 0. The lowest BCUT2D eigenvalue weighted by atomic mass is 9.93. The number of anilines is 1. The summed E-state index contributed by atoms with van der Waals surface area (Å²) in [5.74, 6) is 0. The van der Waals surface area contributed by atoms with Crippen LogP contribution >= 0.6 is 11.3 Å². The number of nitrogens with zero attached hydrogens (tertiary/aromatic N) is 2. The van der Waals surface area contributed by atoms with Crippen molar-refractivity contribution in [2.45, 2.75) is 45.1 Å². The summed E-state index contributed by atoms with van der Waals surface area (Å²) in [5.41, 5.74) is 0. The Morgan fingerprint density at radius 1 is 1.46 bits per heavy atom. The minimum Gasteiger partial charge on any atom is -0.357 e. The molecule has 1 N–H and O–H groups in total. The van der Waals surface area contributed by atoms with Gasteiger partial charge in [-0.05, 0) is 25.7 Å². The summed E-state index contributed by atoms with van der Waals surface area (Å²) in [5, 5.41) is 13.8. The van der Waals surface area contributed by atoms with Crippen LogP contribution in [0.4, 0.5) is 5.13 Å².